The number of nitrogens with one attached hydrogen (secondary N) is 2. The Hall–Kier alpha value is -2.68. The van der Waals surface area contributed by atoms with E-state index in [1.807, 2.05) is 42.5 Å². The summed E-state index contributed by atoms with van der Waals surface area (Å²) in [5.74, 6) is 0.0838. The van der Waals surface area contributed by atoms with Crippen molar-refractivity contribution in [3.8, 4) is 6.07 Å². The zero-order valence-electron chi connectivity index (χ0n) is 14.7. The van der Waals surface area contributed by atoms with Gasteiger partial charge in [0.15, 0.2) is 0 Å². The van der Waals surface area contributed by atoms with E-state index in [1.54, 1.807) is 0 Å². The molecule has 0 radical (unpaired) electrons. The lowest BCUT2D eigenvalue weighted by Crippen LogP contribution is -2.58. The van der Waals surface area contributed by atoms with Crippen LogP contribution in [0.15, 0.2) is 48.5 Å². The average molecular weight is 346 g/mol. The molecule has 132 valence electrons. The predicted octanol–water partition coefficient (Wildman–Crippen LogP) is 2.63. The molecule has 0 bridgehead atoms. The van der Waals surface area contributed by atoms with Crippen molar-refractivity contribution in [2.45, 2.75) is 31.5 Å². The van der Waals surface area contributed by atoms with Gasteiger partial charge in [-0.3, -0.25) is 15.0 Å². The van der Waals surface area contributed by atoms with Crippen LogP contribution >= 0.6 is 0 Å². The number of nitriles is 1. The van der Waals surface area contributed by atoms with Gasteiger partial charge in [-0.1, -0.05) is 30.3 Å². The van der Waals surface area contributed by atoms with Crippen molar-refractivity contribution >= 4 is 11.6 Å². The van der Waals surface area contributed by atoms with Gasteiger partial charge < -0.3 is 5.32 Å². The first-order valence-corrected chi connectivity index (χ1v) is 9.04. The largest absolute Gasteiger partial charge is 0.324 e. The first-order valence-electron chi connectivity index (χ1n) is 9.04. The van der Waals surface area contributed by atoms with E-state index in [9.17, 15) is 4.79 Å². The van der Waals surface area contributed by atoms with Crippen molar-refractivity contribution in [2.75, 3.05) is 18.4 Å². The van der Waals surface area contributed by atoms with Gasteiger partial charge in [0.1, 0.15) is 5.54 Å². The molecule has 0 aromatic heterocycles. The Morgan fingerprint density at radius 1 is 1.08 bits per heavy atom. The Kier molecular flexibility index (Phi) is 4.46. The molecule has 1 amide bonds. The number of hydrogen-bond donors (Lipinski definition) is 2. The molecule has 2 aliphatic rings. The second-order valence-corrected chi connectivity index (χ2v) is 7.13. The summed E-state index contributed by atoms with van der Waals surface area (Å²) >= 11 is 0. The normalized spacial score (nSPS) is 19.3. The third-order valence-electron chi connectivity index (χ3n) is 5.52. The standard InChI is InChI=1S/C21H22N4O/c22-13-16-5-7-17(8-6-16)15-25-11-9-21(10-12-25)20(26)24-19-4-2-1-3-18(19)14-23-21/h1-8,23H,9-12,14-15H2,(H,24,26). The Labute approximate surface area is 153 Å². The number of carbonyl (C=O) groups is 1. The fourth-order valence-electron chi connectivity index (χ4n) is 3.82. The first kappa shape index (κ1) is 16.8. The van der Waals surface area contributed by atoms with E-state index in [2.05, 4.69) is 27.7 Å². The number of rotatable bonds is 2. The van der Waals surface area contributed by atoms with Gasteiger partial charge in [-0.25, -0.2) is 0 Å². The quantitative estimate of drug-likeness (QED) is 0.877. The number of amides is 1. The molecule has 0 atom stereocenters. The van der Waals surface area contributed by atoms with Gasteiger partial charge in [-0.15, -0.1) is 0 Å². The van der Waals surface area contributed by atoms with Crippen LogP contribution in [-0.4, -0.2) is 29.4 Å². The molecule has 2 aromatic carbocycles. The first-order chi connectivity index (χ1) is 12.7. The van der Waals surface area contributed by atoms with Gasteiger partial charge in [0, 0.05) is 31.9 Å². The molecule has 5 heteroatoms. The van der Waals surface area contributed by atoms with Crippen LogP contribution in [0.2, 0.25) is 0 Å². The molecule has 2 aliphatic heterocycles. The highest BCUT2D eigenvalue weighted by atomic mass is 16.2. The van der Waals surface area contributed by atoms with E-state index < -0.39 is 5.54 Å². The molecule has 5 nitrogen and oxygen atoms in total. The fraction of sp³-hybridized carbons (Fsp3) is 0.333. The summed E-state index contributed by atoms with van der Waals surface area (Å²) < 4.78 is 0. The number of benzene rings is 2. The summed E-state index contributed by atoms with van der Waals surface area (Å²) in [5.41, 5.74) is 3.45. The maximum absolute atomic E-state index is 12.9. The Morgan fingerprint density at radius 3 is 2.54 bits per heavy atom. The summed E-state index contributed by atoms with van der Waals surface area (Å²) in [5, 5.41) is 15.5. The number of anilines is 1. The monoisotopic (exact) mass is 346 g/mol. The molecule has 2 aromatic rings. The summed E-state index contributed by atoms with van der Waals surface area (Å²) in [6.07, 6.45) is 1.59. The molecule has 0 unspecified atom stereocenters. The van der Waals surface area contributed by atoms with Crippen molar-refractivity contribution in [2.24, 2.45) is 0 Å². The Morgan fingerprint density at radius 2 is 1.81 bits per heavy atom. The third kappa shape index (κ3) is 3.22. The zero-order chi connectivity index (χ0) is 18.0. The fourth-order valence-corrected chi connectivity index (χ4v) is 3.82. The van der Waals surface area contributed by atoms with Crippen molar-refractivity contribution in [3.63, 3.8) is 0 Å². The van der Waals surface area contributed by atoms with Gasteiger partial charge in [0.05, 0.1) is 11.6 Å². The van der Waals surface area contributed by atoms with Crippen molar-refractivity contribution in [1.82, 2.24) is 10.2 Å². The van der Waals surface area contributed by atoms with E-state index in [0.717, 1.165) is 43.7 Å². The average Bonchev–Trinajstić information content (AvgIpc) is 2.82. The molecule has 1 fully saturated rings. The zero-order valence-corrected chi connectivity index (χ0v) is 14.7. The van der Waals surface area contributed by atoms with Crippen LogP contribution in [0.4, 0.5) is 5.69 Å². The van der Waals surface area contributed by atoms with E-state index in [-0.39, 0.29) is 5.91 Å². The number of carbonyl (C=O) groups excluding carboxylic acids is 1. The lowest BCUT2D eigenvalue weighted by atomic mass is 9.86. The van der Waals surface area contributed by atoms with Gasteiger partial charge in [0.2, 0.25) is 5.91 Å². The topological polar surface area (TPSA) is 68.2 Å². The smallest absolute Gasteiger partial charge is 0.244 e. The summed E-state index contributed by atoms with van der Waals surface area (Å²) in [6, 6.07) is 17.9. The second-order valence-electron chi connectivity index (χ2n) is 7.13. The molecule has 0 aliphatic carbocycles. The summed E-state index contributed by atoms with van der Waals surface area (Å²) in [4.78, 5) is 15.2. The van der Waals surface area contributed by atoms with Crippen LogP contribution in [-0.2, 0) is 17.9 Å². The van der Waals surface area contributed by atoms with Crippen LogP contribution in [0, 0.1) is 11.3 Å². The number of hydrogen-bond acceptors (Lipinski definition) is 4. The van der Waals surface area contributed by atoms with Crippen LogP contribution in [0.5, 0.6) is 0 Å². The molecule has 4 rings (SSSR count). The Bertz CT molecular complexity index is 845. The number of nitrogens with zero attached hydrogens (tertiary/aromatic N) is 2. The van der Waals surface area contributed by atoms with Gasteiger partial charge in [-0.2, -0.15) is 5.26 Å². The second kappa shape index (κ2) is 6.91. The predicted molar refractivity (Wildman–Crippen MR) is 100 cm³/mol. The van der Waals surface area contributed by atoms with E-state index >= 15 is 0 Å². The summed E-state index contributed by atoms with van der Waals surface area (Å²) in [7, 11) is 0. The van der Waals surface area contributed by atoms with Gasteiger partial charge in [-0.05, 0) is 42.2 Å². The van der Waals surface area contributed by atoms with Crippen LogP contribution in [0.1, 0.15) is 29.5 Å². The van der Waals surface area contributed by atoms with Gasteiger partial charge in [0.25, 0.3) is 0 Å². The molecule has 1 spiro atoms. The van der Waals surface area contributed by atoms with Crippen molar-refractivity contribution < 1.29 is 4.79 Å². The minimum absolute atomic E-state index is 0.0838. The third-order valence-corrected chi connectivity index (χ3v) is 5.52. The number of piperidine rings is 1. The van der Waals surface area contributed by atoms with Crippen LogP contribution < -0.4 is 10.6 Å². The highest BCUT2D eigenvalue weighted by molar-refractivity contribution is 5.99. The Balaban J connectivity index is 1.41. The molecular weight excluding hydrogens is 324 g/mol. The number of likely N-dealkylation sites (tertiary alicyclic amines) is 1. The highest BCUT2D eigenvalue weighted by Crippen LogP contribution is 2.29. The lowest BCUT2D eigenvalue weighted by molar-refractivity contribution is -0.124. The van der Waals surface area contributed by atoms with Gasteiger partial charge >= 0.3 is 0 Å². The molecule has 2 heterocycles. The molecule has 0 saturated carbocycles. The van der Waals surface area contributed by atoms with E-state index in [4.69, 9.17) is 5.26 Å². The molecule has 26 heavy (non-hydrogen) atoms. The molecular formula is C21H22N4O. The minimum atomic E-state index is -0.486. The minimum Gasteiger partial charge on any atom is -0.324 e. The van der Waals surface area contributed by atoms with Crippen LogP contribution in [0.25, 0.3) is 0 Å². The lowest BCUT2D eigenvalue weighted by Gasteiger charge is -2.40. The summed E-state index contributed by atoms with van der Waals surface area (Å²) in [6.45, 7) is 3.31. The molecule has 1 saturated heterocycles. The SMILES string of the molecule is N#Cc1ccc(CN2CCC3(CC2)NCc2ccccc2NC3=O)cc1. The van der Waals surface area contributed by atoms with E-state index in [0.29, 0.717) is 12.1 Å². The highest BCUT2D eigenvalue weighted by Gasteiger charge is 2.42. The number of para-hydroxylation sites is 1. The maximum atomic E-state index is 12.9. The van der Waals surface area contributed by atoms with Crippen molar-refractivity contribution in [1.29, 1.82) is 5.26 Å². The van der Waals surface area contributed by atoms with E-state index in [1.165, 1.54) is 5.56 Å². The molecule has 2 N–H and O–H groups in total. The number of fused-ring (bicyclic) bond motifs is 1. The van der Waals surface area contributed by atoms with Crippen LogP contribution in [0.3, 0.4) is 0 Å². The maximum Gasteiger partial charge on any atom is 0.244 e. The van der Waals surface area contributed by atoms with Crippen molar-refractivity contribution in [3.05, 3.63) is 65.2 Å².